The molecule has 12 heteroatoms. The zero-order chi connectivity index (χ0) is 26.4. The summed E-state index contributed by atoms with van der Waals surface area (Å²) >= 11 is 0. The molecule has 0 radical (unpaired) electrons. The fourth-order valence-electron chi connectivity index (χ4n) is 4.21. The average molecular weight is 538 g/mol. The van der Waals surface area contributed by atoms with Crippen LogP contribution in [0.25, 0.3) is 0 Å². The quantitative estimate of drug-likeness (QED) is 0.521. The third-order valence-corrected chi connectivity index (χ3v) is 7.96. The summed E-state index contributed by atoms with van der Waals surface area (Å²) in [6.07, 6.45) is 0. The normalized spacial score (nSPS) is 16.9. The van der Waals surface area contributed by atoms with Crippen LogP contribution in [-0.4, -0.2) is 84.5 Å². The number of sulfonamides is 1. The van der Waals surface area contributed by atoms with Crippen molar-refractivity contribution in [1.82, 2.24) is 4.31 Å². The van der Waals surface area contributed by atoms with Crippen LogP contribution >= 0.6 is 0 Å². The number of benzene rings is 2. The molecular formula is C25H32FN3O7S. The molecule has 0 saturated carbocycles. The summed E-state index contributed by atoms with van der Waals surface area (Å²) in [6, 6.07) is 6.79. The highest BCUT2D eigenvalue weighted by atomic mass is 32.2. The second kappa shape index (κ2) is 12.1. The number of hydrogen-bond donors (Lipinski definition) is 1. The van der Waals surface area contributed by atoms with Crippen molar-refractivity contribution in [2.24, 2.45) is 0 Å². The number of nitrogens with one attached hydrogen (secondary N) is 1. The molecule has 0 bridgehead atoms. The zero-order valence-corrected chi connectivity index (χ0v) is 21.8. The Bertz CT molecular complexity index is 1210. The molecule has 0 aromatic heterocycles. The first-order valence-corrected chi connectivity index (χ1v) is 13.7. The Balaban J connectivity index is 1.64. The Labute approximate surface area is 216 Å². The molecule has 4 rings (SSSR count). The molecule has 202 valence electrons. The number of ether oxygens (including phenoxy) is 4. The van der Waals surface area contributed by atoms with Crippen LogP contribution in [0.5, 0.6) is 11.5 Å². The molecule has 2 aliphatic rings. The van der Waals surface area contributed by atoms with E-state index in [2.05, 4.69) is 10.2 Å². The topological polar surface area (TPSA) is 107 Å². The standard InChI is InChI=1S/C25H32FN3O7S/c1-3-35-22-17-21(28-7-11-33-12-8-28)23(36-4-2)16-20(22)27-25(30)18-5-6-19(26)24(15-18)37(31,32)29-9-13-34-14-10-29/h5-6,15-17H,3-4,7-14H2,1-2H3,(H,27,30). The molecule has 10 nitrogen and oxygen atoms in total. The molecule has 2 aliphatic heterocycles. The summed E-state index contributed by atoms with van der Waals surface area (Å²) in [4.78, 5) is 14.8. The number of anilines is 2. The molecule has 2 saturated heterocycles. The lowest BCUT2D eigenvalue weighted by molar-refractivity contribution is 0.0729. The van der Waals surface area contributed by atoms with Crippen molar-refractivity contribution in [3.63, 3.8) is 0 Å². The van der Waals surface area contributed by atoms with Crippen LogP contribution in [0.2, 0.25) is 0 Å². The number of carbonyl (C=O) groups is 1. The number of rotatable bonds is 9. The molecule has 0 atom stereocenters. The molecule has 2 aromatic rings. The van der Waals surface area contributed by atoms with Gasteiger partial charge in [0.05, 0.1) is 51.0 Å². The molecule has 2 fully saturated rings. The van der Waals surface area contributed by atoms with Crippen LogP contribution in [0.3, 0.4) is 0 Å². The van der Waals surface area contributed by atoms with Gasteiger partial charge in [-0.25, -0.2) is 12.8 Å². The maximum Gasteiger partial charge on any atom is 0.255 e. The van der Waals surface area contributed by atoms with Crippen molar-refractivity contribution in [2.45, 2.75) is 18.7 Å². The Morgan fingerprint density at radius 2 is 1.57 bits per heavy atom. The van der Waals surface area contributed by atoms with Crippen LogP contribution in [0.15, 0.2) is 35.2 Å². The number of amides is 1. The summed E-state index contributed by atoms with van der Waals surface area (Å²) in [5.41, 5.74) is 1.17. The van der Waals surface area contributed by atoms with Crippen LogP contribution < -0.4 is 19.7 Å². The third-order valence-electron chi connectivity index (χ3n) is 6.04. The number of halogens is 1. The largest absolute Gasteiger partial charge is 0.492 e. The van der Waals surface area contributed by atoms with Crippen molar-refractivity contribution in [3.05, 3.63) is 41.7 Å². The fourth-order valence-corrected chi connectivity index (χ4v) is 5.71. The Hall–Kier alpha value is -2.93. The van der Waals surface area contributed by atoms with E-state index in [0.717, 1.165) is 22.1 Å². The van der Waals surface area contributed by atoms with E-state index >= 15 is 0 Å². The van der Waals surface area contributed by atoms with E-state index in [9.17, 15) is 17.6 Å². The van der Waals surface area contributed by atoms with Crippen LogP contribution in [0, 0.1) is 5.82 Å². The van der Waals surface area contributed by atoms with Crippen molar-refractivity contribution in [2.75, 3.05) is 76.0 Å². The van der Waals surface area contributed by atoms with Crippen LogP contribution in [-0.2, 0) is 19.5 Å². The maximum absolute atomic E-state index is 14.6. The average Bonchev–Trinajstić information content (AvgIpc) is 2.91. The van der Waals surface area contributed by atoms with Crippen LogP contribution in [0.1, 0.15) is 24.2 Å². The number of nitrogens with zero attached hydrogens (tertiary/aromatic N) is 2. The monoisotopic (exact) mass is 537 g/mol. The smallest absolute Gasteiger partial charge is 0.255 e. The van der Waals surface area contributed by atoms with Gasteiger partial charge in [0.25, 0.3) is 5.91 Å². The van der Waals surface area contributed by atoms with Crippen molar-refractivity contribution >= 4 is 27.3 Å². The lowest BCUT2D eigenvalue weighted by Gasteiger charge is -2.31. The summed E-state index contributed by atoms with van der Waals surface area (Å²) in [6.45, 7) is 7.72. The highest BCUT2D eigenvalue weighted by Gasteiger charge is 2.30. The van der Waals surface area contributed by atoms with E-state index in [0.29, 0.717) is 56.7 Å². The van der Waals surface area contributed by atoms with Gasteiger partial charge in [0, 0.05) is 43.9 Å². The highest BCUT2D eigenvalue weighted by Crippen LogP contribution is 2.39. The van der Waals surface area contributed by atoms with E-state index in [1.54, 1.807) is 6.07 Å². The Morgan fingerprint density at radius 1 is 0.946 bits per heavy atom. The summed E-state index contributed by atoms with van der Waals surface area (Å²) in [5.74, 6) is -0.533. The molecule has 0 spiro atoms. The summed E-state index contributed by atoms with van der Waals surface area (Å²) in [5, 5.41) is 2.78. The fraction of sp³-hybridized carbons (Fsp3) is 0.480. The lowest BCUT2D eigenvalue weighted by atomic mass is 10.1. The first-order chi connectivity index (χ1) is 17.8. The van der Waals surface area contributed by atoms with Crippen molar-refractivity contribution in [3.8, 4) is 11.5 Å². The first kappa shape index (κ1) is 27.1. The van der Waals surface area contributed by atoms with E-state index in [-0.39, 0.29) is 31.9 Å². The lowest BCUT2D eigenvalue weighted by Crippen LogP contribution is -2.41. The molecule has 0 aliphatic carbocycles. The van der Waals surface area contributed by atoms with E-state index in [1.165, 1.54) is 6.07 Å². The summed E-state index contributed by atoms with van der Waals surface area (Å²) < 4.78 is 64.2. The predicted octanol–water partition coefficient (Wildman–Crippen LogP) is 2.73. The van der Waals surface area contributed by atoms with Gasteiger partial charge < -0.3 is 29.2 Å². The number of hydrogen-bond acceptors (Lipinski definition) is 8. The molecule has 1 N–H and O–H groups in total. The van der Waals surface area contributed by atoms with E-state index < -0.39 is 26.6 Å². The zero-order valence-electron chi connectivity index (χ0n) is 21.0. The van der Waals surface area contributed by atoms with E-state index in [4.69, 9.17) is 18.9 Å². The Morgan fingerprint density at radius 3 is 2.22 bits per heavy atom. The molecule has 1 amide bonds. The molecule has 2 heterocycles. The molecular weight excluding hydrogens is 505 g/mol. The first-order valence-electron chi connectivity index (χ1n) is 12.3. The van der Waals surface area contributed by atoms with Gasteiger partial charge >= 0.3 is 0 Å². The van der Waals surface area contributed by atoms with Gasteiger partial charge in [0.1, 0.15) is 22.2 Å². The van der Waals surface area contributed by atoms with Gasteiger partial charge in [0.15, 0.2) is 0 Å². The second-order valence-corrected chi connectivity index (χ2v) is 10.3. The predicted molar refractivity (Wildman–Crippen MR) is 136 cm³/mol. The van der Waals surface area contributed by atoms with Gasteiger partial charge in [-0.3, -0.25) is 4.79 Å². The van der Waals surface area contributed by atoms with Gasteiger partial charge in [-0.15, -0.1) is 0 Å². The van der Waals surface area contributed by atoms with Crippen molar-refractivity contribution < 1.29 is 36.6 Å². The second-order valence-electron chi connectivity index (χ2n) is 8.40. The van der Waals surface area contributed by atoms with Crippen LogP contribution in [0.4, 0.5) is 15.8 Å². The maximum atomic E-state index is 14.6. The highest BCUT2D eigenvalue weighted by molar-refractivity contribution is 7.89. The summed E-state index contributed by atoms with van der Waals surface area (Å²) in [7, 11) is -4.13. The SMILES string of the molecule is CCOc1cc(N2CCOCC2)c(OCC)cc1NC(=O)c1ccc(F)c(S(=O)(=O)N2CCOCC2)c1. The van der Waals surface area contributed by atoms with Gasteiger partial charge in [-0.1, -0.05) is 0 Å². The molecule has 2 aromatic carbocycles. The van der Waals surface area contributed by atoms with Gasteiger partial charge in [-0.2, -0.15) is 4.31 Å². The number of morpholine rings is 2. The van der Waals surface area contributed by atoms with Crippen molar-refractivity contribution in [1.29, 1.82) is 0 Å². The van der Waals surface area contributed by atoms with Gasteiger partial charge in [-0.05, 0) is 32.0 Å². The minimum Gasteiger partial charge on any atom is -0.492 e. The van der Waals surface area contributed by atoms with Gasteiger partial charge in [0.2, 0.25) is 10.0 Å². The minimum absolute atomic E-state index is 0.00843. The van der Waals surface area contributed by atoms with E-state index in [1.807, 2.05) is 19.9 Å². The minimum atomic E-state index is -4.13. The third kappa shape index (κ3) is 6.15. The number of carbonyl (C=O) groups excluding carboxylic acids is 1. The Kier molecular flexibility index (Phi) is 8.85. The molecule has 0 unspecified atom stereocenters. The molecule has 37 heavy (non-hydrogen) atoms.